The van der Waals surface area contributed by atoms with Gasteiger partial charge in [0.2, 0.25) is 0 Å². The van der Waals surface area contributed by atoms with Crippen LogP contribution in [0.15, 0.2) is 65.5 Å². The molecule has 0 unspecified atom stereocenters. The van der Waals surface area contributed by atoms with E-state index in [9.17, 15) is 4.79 Å². The molecule has 3 aromatic rings. The van der Waals surface area contributed by atoms with Crippen molar-refractivity contribution in [3.63, 3.8) is 0 Å². The molecule has 3 rings (SSSR count). The average molecular weight is 397 g/mol. The largest absolute Gasteiger partial charge is 0.353 e. The molecule has 1 aromatic carbocycles. The second-order valence-corrected chi connectivity index (χ2v) is 6.44. The van der Waals surface area contributed by atoms with E-state index in [4.69, 9.17) is 0 Å². The highest BCUT2D eigenvalue weighted by Crippen LogP contribution is 2.26. The number of amides is 1. The fourth-order valence-electron chi connectivity index (χ4n) is 2.25. The molecule has 0 atom stereocenters. The van der Waals surface area contributed by atoms with E-state index in [1.165, 1.54) is 5.56 Å². The minimum Gasteiger partial charge on any atom is -0.353 e. The van der Waals surface area contributed by atoms with Crippen LogP contribution >= 0.6 is 15.9 Å². The first-order chi connectivity index (χ1) is 12.1. The van der Waals surface area contributed by atoms with E-state index in [2.05, 4.69) is 36.5 Å². The molecule has 1 amide bonds. The van der Waals surface area contributed by atoms with Crippen LogP contribution in [0, 0.1) is 6.92 Å². The zero-order valence-corrected chi connectivity index (χ0v) is 15.2. The van der Waals surface area contributed by atoms with E-state index in [0.29, 0.717) is 12.2 Å². The number of anilines is 2. The summed E-state index contributed by atoms with van der Waals surface area (Å²) < 4.78 is 0.978. The standard InChI is InChI=1S/C19H17BrN4O/c1-13-4-6-17(16(20)9-13)24-15-5-7-18(22-12-15)19(25)23-11-14-3-2-8-21-10-14/h2-10,12,24H,11H2,1H3,(H,23,25). The van der Waals surface area contributed by atoms with E-state index < -0.39 is 0 Å². The van der Waals surface area contributed by atoms with Gasteiger partial charge in [-0.15, -0.1) is 0 Å². The number of pyridine rings is 2. The van der Waals surface area contributed by atoms with Crippen molar-refractivity contribution in [2.24, 2.45) is 0 Å². The maximum atomic E-state index is 12.2. The van der Waals surface area contributed by atoms with Crippen molar-refractivity contribution in [1.82, 2.24) is 15.3 Å². The molecule has 0 aliphatic heterocycles. The van der Waals surface area contributed by atoms with E-state index in [1.807, 2.05) is 43.3 Å². The van der Waals surface area contributed by atoms with Gasteiger partial charge in [-0.25, -0.2) is 4.98 Å². The predicted octanol–water partition coefficient (Wildman–Crippen LogP) is 4.22. The van der Waals surface area contributed by atoms with Crippen molar-refractivity contribution >= 4 is 33.2 Å². The van der Waals surface area contributed by atoms with E-state index >= 15 is 0 Å². The minimum atomic E-state index is -0.216. The summed E-state index contributed by atoms with van der Waals surface area (Å²) in [4.78, 5) is 20.4. The molecular formula is C19H17BrN4O. The summed E-state index contributed by atoms with van der Waals surface area (Å²) in [5.41, 5.74) is 4.25. The highest BCUT2D eigenvalue weighted by atomic mass is 79.9. The Morgan fingerprint density at radius 3 is 2.72 bits per heavy atom. The van der Waals surface area contributed by atoms with Crippen LogP contribution in [0.25, 0.3) is 0 Å². The van der Waals surface area contributed by atoms with Crippen LogP contribution in [0.3, 0.4) is 0 Å². The Hall–Kier alpha value is -2.73. The van der Waals surface area contributed by atoms with Crippen molar-refractivity contribution in [3.05, 3.63) is 82.3 Å². The van der Waals surface area contributed by atoms with Crippen molar-refractivity contribution in [1.29, 1.82) is 0 Å². The predicted molar refractivity (Wildman–Crippen MR) is 102 cm³/mol. The number of nitrogens with one attached hydrogen (secondary N) is 2. The molecule has 2 N–H and O–H groups in total. The van der Waals surface area contributed by atoms with Crippen molar-refractivity contribution < 1.29 is 4.79 Å². The zero-order chi connectivity index (χ0) is 17.6. The maximum Gasteiger partial charge on any atom is 0.270 e. The highest BCUT2D eigenvalue weighted by molar-refractivity contribution is 9.10. The highest BCUT2D eigenvalue weighted by Gasteiger charge is 2.07. The summed E-state index contributed by atoms with van der Waals surface area (Å²) in [5, 5.41) is 6.10. The Morgan fingerprint density at radius 1 is 1.16 bits per heavy atom. The van der Waals surface area contributed by atoms with Gasteiger partial charge in [-0.2, -0.15) is 0 Å². The molecule has 0 aliphatic carbocycles. The van der Waals surface area contributed by atoms with Gasteiger partial charge in [-0.05, 0) is 64.3 Å². The number of aryl methyl sites for hydroxylation is 1. The molecule has 5 nitrogen and oxygen atoms in total. The third-order valence-electron chi connectivity index (χ3n) is 3.58. The number of halogens is 1. The van der Waals surface area contributed by atoms with Gasteiger partial charge >= 0.3 is 0 Å². The van der Waals surface area contributed by atoms with Crippen LogP contribution in [0.5, 0.6) is 0 Å². The van der Waals surface area contributed by atoms with Crippen molar-refractivity contribution in [2.75, 3.05) is 5.32 Å². The van der Waals surface area contributed by atoms with Gasteiger partial charge in [0.1, 0.15) is 5.69 Å². The lowest BCUT2D eigenvalue weighted by Gasteiger charge is -2.10. The number of hydrogen-bond acceptors (Lipinski definition) is 4. The first kappa shape index (κ1) is 17.1. The van der Waals surface area contributed by atoms with Crippen LogP contribution in [0.2, 0.25) is 0 Å². The average Bonchev–Trinajstić information content (AvgIpc) is 2.63. The second kappa shape index (κ2) is 7.90. The Bertz CT molecular complexity index is 866. The molecule has 126 valence electrons. The van der Waals surface area contributed by atoms with Crippen molar-refractivity contribution in [3.8, 4) is 0 Å². The summed E-state index contributed by atoms with van der Waals surface area (Å²) in [6.45, 7) is 2.46. The molecule has 25 heavy (non-hydrogen) atoms. The molecule has 0 radical (unpaired) electrons. The fourth-order valence-corrected chi connectivity index (χ4v) is 2.85. The monoisotopic (exact) mass is 396 g/mol. The number of hydrogen-bond donors (Lipinski definition) is 2. The summed E-state index contributed by atoms with van der Waals surface area (Å²) in [6.07, 6.45) is 5.07. The molecule has 0 saturated heterocycles. The quantitative estimate of drug-likeness (QED) is 0.677. The smallest absolute Gasteiger partial charge is 0.270 e. The molecule has 6 heteroatoms. The Balaban J connectivity index is 1.62. The molecule has 0 bridgehead atoms. The fraction of sp³-hybridized carbons (Fsp3) is 0.105. The number of aromatic nitrogens is 2. The second-order valence-electron chi connectivity index (χ2n) is 5.58. The van der Waals surface area contributed by atoms with Crippen LogP contribution in [-0.4, -0.2) is 15.9 Å². The van der Waals surface area contributed by atoms with Crippen molar-refractivity contribution in [2.45, 2.75) is 13.5 Å². The number of carbonyl (C=O) groups is 1. The Morgan fingerprint density at radius 2 is 2.04 bits per heavy atom. The first-order valence-electron chi connectivity index (χ1n) is 7.78. The normalized spacial score (nSPS) is 10.3. The summed E-state index contributed by atoms with van der Waals surface area (Å²) >= 11 is 3.53. The lowest BCUT2D eigenvalue weighted by molar-refractivity contribution is 0.0946. The van der Waals surface area contributed by atoms with Gasteiger partial charge < -0.3 is 10.6 Å². The van der Waals surface area contributed by atoms with Crippen LogP contribution in [-0.2, 0) is 6.54 Å². The van der Waals surface area contributed by atoms with Gasteiger partial charge in [0.05, 0.1) is 17.6 Å². The number of rotatable bonds is 5. The van der Waals surface area contributed by atoms with Crippen LogP contribution < -0.4 is 10.6 Å². The van der Waals surface area contributed by atoms with Crippen LogP contribution in [0.4, 0.5) is 11.4 Å². The van der Waals surface area contributed by atoms with Crippen LogP contribution in [0.1, 0.15) is 21.6 Å². The van der Waals surface area contributed by atoms with E-state index in [-0.39, 0.29) is 5.91 Å². The minimum absolute atomic E-state index is 0.216. The Labute approximate surface area is 154 Å². The first-order valence-corrected chi connectivity index (χ1v) is 8.57. The van der Waals surface area contributed by atoms with Gasteiger partial charge in [-0.3, -0.25) is 9.78 Å². The lowest BCUT2D eigenvalue weighted by atomic mass is 10.2. The third-order valence-corrected chi connectivity index (χ3v) is 4.23. The van der Waals surface area contributed by atoms with Gasteiger partial charge in [-0.1, -0.05) is 12.1 Å². The molecule has 0 aliphatic rings. The maximum absolute atomic E-state index is 12.2. The molecule has 0 fully saturated rings. The Kier molecular flexibility index (Phi) is 5.40. The van der Waals surface area contributed by atoms with Gasteiger partial charge in [0, 0.05) is 23.4 Å². The molecule has 0 saturated carbocycles. The topological polar surface area (TPSA) is 66.9 Å². The number of benzene rings is 1. The lowest BCUT2D eigenvalue weighted by Crippen LogP contribution is -2.23. The molecule has 2 heterocycles. The summed E-state index contributed by atoms with van der Waals surface area (Å²) in [5.74, 6) is -0.216. The number of carbonyl (C=O) groups excluding carboxylic acids is 1. The molecular weight excluding hydrogens is 380 g/mol. The molecule has 0 spiro atoms. The number of nitrogens with zero attached hydrogens (tertiary/aromatic N) is 2. The van der Waals surface area contributed by atoms with Gasteiger partial charge in [0.25, 0.3) is 5.91 Å². The van der Waals surface area contributed by atoms with E-state index in [1.54, 1.807) is 24.7 Å². The zero-order valence-electron chi connectivity index (χ0n) is 13.7. The SMILES string of the molecule is Cc1ccc(Nc2ccc(C(=O)NCc3cccnc3)nc2)c(Br)c1. The van der Waals surface area contributed by atoms with E-state index in [0.717, 1.165) is 21.4 Å². The summed E-state index contributed by atoms with van der Waals surface area (Å²) in [6, 6.07) is 13.3. The molecule has 2 aromatic heterocycles. The van der Waals surface area contributed by atoms with Gasteiger partial charge in [0.15, 0.2) is 0 Å². The summed E-state index contributed by atoms with van der Waals surface area (Å²) in [7, 11) is 0. The third kappa shape index (κ3) is 4.64.